The first kappa shape index (κ1) is 16.9. The van der Waals surface area contributed by atoms with E-state index in [0.717, 1.165) is 0 Å². The summed E-state index contributed by atoms with van der Waals surface area (Å²) in [4.78, 5) is 27.1. The van der Waals surface area contributed by atoms with Gasteiger partial charge in [0.15, 0.2) is 4.31 Å². The lowest BCUT2D eigenvalue weighted by Crippen LogP contribution is -2.15. The molecular weight excluding hydrogens is 248 g/mol. The van der Waals surface area contributed by atoms with Crippen LogP contribution in [0.4, 0.5) is 0 Å². The Labute approximate surface area is 88.4 Å². The van der Waals surface area contributed by atoms with Gasteiger partial charge in [0.05, 0.1) is 6.42 Å². The predicted molar refractivity (Wildman–Crippen MR) is 51.5 cm³/mol. The minimum absolute atomic E-state index is 0.229. The molecule has 10 heteroatoms. The topological polar surface area (TPSA) is 124 Å². The van der Waals surface area contributed by atoms with Gasteiger partial charge in [-0.15, -0.1) is 9.79 Å². The Morgan fingerprint density at radius 2 is 1.67 bits per heavy atom. The molecule has 0 fully saturated rings. The first-order valence-electron chi connectivity index (χ1n) is 3.62. The van der Waals surface area contributed by atoms with E-state index in [2.05, 4.69) is 4.31 Å². The molecule has 0 aromatic rings. The zero-order chi connectivity index (χ0) is 12.4. The maximum atomic E-state index is 9.88. The monoisotopic (exact) mass is 261 g/mol. The van der Waals surface area contributed by atoms with Gasteiger partial charge in [-0.25, -0.2) is 0 Å². The van der Waals surface area contributed by atoms with Crippen molar-refractivity contribution in [2.24, 2.45) is 0 Å². The molecule has 0 saturated heterocycles. The zero-order valence-corrected chi connectivity index (χ0v) is 10.0. The van der Waals surface area contributed by atoms with Crippen LogP contribution in [0.3, 0.4) is 0 Å². The van der Waals surface area contributed by atoms with Gasteiger partial charge in [0, 0.05) is 15.7 Å². The number of hydrogen-bond donors (Lipinski definition) is 3. The number of carboxylic acid groups (broad SMARTS) is 1. The van der Waals surface area contributed by atoms with Crippen molar-refractivity contribution >= 4 is 22.5 Å². The van der Waals surface area contributed by atoms with Crippen molar-refractivity contribution in [1.82, 2.24) is 4.90 Å². The second kappa shape index (κ2) is 10.0. The van der Waals surface area contributed by atoms with E-state index >= 15 is 0 Å². The van der Waals surface area contributed by atoms with Crippen molar-refractivity contribution in [3.05, 3.63) is 0 Å². The van der Waals surface area contributed by atoms with Gasteiger partial charge < -0.3 is 10.0 Å². The molecule has 0 radical (unpaired) electrons. The van der Waals surface area contributed by atoms with Crippen LogP contribution >= 0.6 is 16.5 Å². The second-order valence-electron chi connectivity index (χ2n) is 2.50. The van der Waals surface area contributed by atoms with Gasteiger partial charge in [-0.3, -0.25) is 4.79 Å². The molecule has 0 heterocycles. The van der Waals surface area contributed by atoms with E-state index in [9.17, 15) is 13.9 Å². The summed E-state index contributed by atoms with van der Waals surface area (Å²) in [6.45, 7) is 0.620. The Kier molecular flexibility index (Phi) is 11.3. The van der Waals surface area contributed by atoms with Crippen LogP contribution in [0.2, 0.25) is 0 Å². The first-order chi connectivity index (χ1) is 6.75. The van der Waals surface area contributed by atoms with Crippen LogP contribution in [0.25, 0.3) is 0 Å². The molecule has 3 N–H and O–H groups in total. The summed E-state index contributed by atoms with van der Waals surface area (Å²) in [6.07, 6.45) is 0.229. The van der Waals surface area contributed by atoms with Gasteiger partial charge >= 0.3 is 22.5 Å². The van der Waals surface area contributed by atoms with Crippen molar-refractivity contribution in [3.63, 3.8) is 0 Å². The predicted octanol–water partition coefficient (Wildman–Crippen LogP) is 0.325. The normalized spacial score (nSPS) is 11.5. The molecule has 2 atom stereocenters. The molecule has 0 aliphatic carbocycles. The molecule has 8 nitrogen and oxygen atoms in total. The summed E-state index contributed by atoms with van der Waals surface area (Å²) < 4.78 is 22.2. The third-order valence-electron chi connectivity index (χ3n) is 0.913. The van der Waals surface area contributed by atoms with Gasteiger partial charge in [-0.2, -0.15) is 0 Å². The van der Waals surface area contributed by atoms with Crippen LogP contribution in [0.1, 0.15) is 6.42 Å². The molecular formula is C5H13NO7P2+2. The summed E-state index contributed by atoms with van der Waals surface area (Å²) in [6, 6.07) is 0. The number of aliphatic carboxylic acids is 1. The third-order valence-corrected chi connectivity index (χ3v) is 2.03. The molecule has 15 heavy (non-hydrogen) atoms. The van der Waals surface area contributed by atoms with Gasteiger partial charge in [0.25, 0.3) is 0 Å². The molecule has 0 amide bonds. The fraction of sp³-hybridized carbons (Fsp3) is 0.800. The van der Waals surface area contributed by atoms with E-state index in [4.69, 9.17) is 14.9 Å². The first-order valence-corrected chi connectivity index (χ1v) is 5.88. The minimum Gasteiger partial charge on any atom is -0.481 e. The minimum atomic E-state index is -2.92. The molecule has 88 valence electrons. The van der Waals surface area contributed by atoms with Crippen molar-refractivity contribution in [3.8, 4) is 0 Å². The Hall–Kier alpha value is -0.490. The summed E-state index contributed by atoms with van der Waals surface area (Å²) in [5, 5.41) is 8.14. The summed E-state index contributed by atoms with van der Waals surface area (Å²) >= 11 is 0. The fourth-order valence-corrected chi connectivity index (χ4v) is 0.857. The highest BCUT2D eigenvalue weighted by Gasteiger charge is 2.31. The SMILES string of the molecule is CN(C)CCC(=O)O.O=[P+](O)O[P+](=O)O. The van der Waals surface area contributed by atoms with Crippen molar-refractivity contribution in [2.75, 3.05) is 20.6 Å². The Morgan fingerprint density at radius 1 is 1.27 bits per heavy atom. The maximum absolute atomic E-state index is 9.88. The summed E-state index contributed by atoms with van der Waals surface area (Å²) in [5.74, 6) is -0.737. The lowest BCUT2D eigenvalue weighted by molar-refractivity contribution is -0.137. The molecule has 0 saturated carbocycles. The van der Waals surface area contributed by atoms with Crippen LogP contribution in [-0.2, 0) is 18.2 Å². The molecule has 0 bridgehead atoms. The van der Waals surface area contributed by atoms with Crippen LogP contribution in [0.15, 0.2) is 0 Å². The molecule has 2 unspecified atom stereocenters. The van der Waals surface area contributed by atoms with E-state index in [1.54, 1.807) is 0 Å². The van der Waals surface area contributed by atoms with Crippen LogP contribution in [-0.4, -0.2) is 46.4 Å². The standard InChI is InChI=1S/C5H11NO2.O5P2/c1-6(2)4-3-5(7)8;1-6(2)5-7(3)4/h3-4H2,1-2H3,(H,7,8);/p+2. The smallest absolute Gasteiger partial charge is 0.481 e. The molecule has 0 aromatic carbocycles. The van der Waals surface area contributed by atoms with Gasteiger partial charge in [0.1, 0.15) is 0 Å². The lowest BCUT2D eigenvalue weighted by Gasteiger charge is -2.04. The van der Waals surface area contributed by atoms with Crippen molar-refractivity contribution in [1.29, 1.82) is 0 Å². The summed E-state index contributed by atoms with van der Waals surface area (Å²) in [7, 11) is -2.15. The number of carboxylic acids is 1. The van der Waals surface area contributed by atoms with Gasteiger partial charge in [0.2, 0.25) is 0 Å². The molecule has 0 aromatic heterocycles. The average molecular weight is 261 g/mol. The number of rotatable bonds is 5. The molecule has 0 aliphatic heterocycles. The number of carbonyl (C=O) groups is 1. The van der Waals surface area contributed by atoms with E-state index in [-0.39, 0.29) is 6.42 Å². The second-order valence-corrected chi connectivity index (χ2v) is 4.11. The van der Waals surface area contributed by atoms with Crippen molar-refractivity contribution < 1.29 is 33.1 Å². The molecule has 0 spiro atoms. The lowest BCUT2D eigenvalue weighted by atomic mass is 10.4. The van der Waals surface area contributed by atoms with Gasteiger partial charge in [-0.1, -0.05) is 0 Å². The quantitative estimate of drug-likeness (QED) is 0.604. The Bertz CT molecular complexity index is 219. The highest BCUT2D eigenvalue weighted by molar-refractivity contribution is 7.46. The van der Waals surface area contributed by atoms with Gasteiger partial charge in [-0.05, 0) is 14.1 Å². The van der Waals surface area contributed by atoms with Crippen LogP contribution in [0, 0.1) is 0 Å². The molecule has 0 rings (SSSR count). The third kappa shape index (κ3) is 24.7. The fourth-order valence-electron chi connectivity index (χ4n) is 0.379. The Balaban J connectivity index is 0. The maximum Gasteiger partial charge on any atom is 0.745 e. The van der Waals surface area contributed by atoms with E-state index in [1.165, 1.54) is 0 Å². The highest BCUT2D eigenvalue weighted by atomic mass is 31.2. The van der Waals surface area contributed by atoms with Crippen LogP contribution < -0.4 is 0 Å². The highest BCUT2D eigenvalue weighted by Crippen LogP contribution is 2.30. The van der Waals surface area contributed by atoms with E-state index < -0.39 is 22.5 Å². The van der Waals surface area contributed by atoms with E-state index in [0.29, 0.717) is 6.54 Å². The molecule has 0 aliphatic rings. The number of nitrogens with zero attached hydrogens (tertiary/aromatic N) is 1. The average Bonchev–Trinajstić information content (AvgIpc) is 1.99. The van der Waals surface area contributed by atoms with E-state index in [1.807, 2.05) is 19.0 Å². The van der Waals surface area contributed by atoms with Crippen LogP contribution in [0.5, 0.6) is 0 Å². The largest absolute Gasteiger partial charge is 0.745 e. The number of hydrogen-bond acceptors (Lipinski definition) is 5. The summed E-state index contributed by atoms with van der Waals surface area (Å²) in [5.41, 5.74) is 0. The zero-order valence-electron chi connectivity index (χ0n) is 8.23. The van der Waals surface area contributed by atoms with Crippen molar-refractivity contribution in [2.45, 2.75) is 6.42 Å². The Morgan fingerprint density at radius 3 is 1.73 bits per heavy atom.